The van der Waals surface area contributed by atoms with Crippen molar-refractivity contribution in [3.8, 4) is 5.75 Å². The molecule has 5 N–H and O–H groups in total. The summed E-state index contributed by atoms with van der Waals surface area (Å²) in [6.07, 6.45) is 0.998. The summed E-state index contributed by atoms with van der Waals surface area (Å²) in [5, 5.41) is 10.3. The van der Waals surface area contributed by atoms with Crippen molar-refractivity contribution in [3.05, 3.63) is 29.8 Å². The number of amides is 1. The standard InChI is InChI=1S/C10H12N4O2.C2H6.H2/c11-5-8(14-13)6-16-9-3-1-2-7(4-9)10(12)15;1-2;/h1-5,11H,6,13H2,(H2,12,15);1-2H3;1H/b11-5?,14-8+;;. The molecule has 1 aromatic carbocycles. The van der Waals surface area contributed by atoms with Gasteiger partial charge in [-0.15, -0.1) is 0 Å². The number of carbonyl (C=O) groups excluding carboxylic acids is 1. The van der Waals surface area contributed by atoms with Gasteiger partial charge in [0.1, 0.15) is 18.1 Å². The van der Waals surface area contributed by atoms with E-state index in [1.165, 1.54) is 6.07 Å². The maximum Gasteiger partial charge on any atom is 0.248 e. The zero-order chi connectivity index (χ0) is 14.0. The van der Waals surface area contributed by atoms with E-state index >= 15 is 0 Å². The first kappa shape index (κ1) is 15.6. The fraction of sp³-hybridized carbons (Fsp3) is 0.250. The van der Waals surface area contributed by atoms with Crippen LogP contribution in [0.25, 0.3) is 0 Å². The fourth-order valence-electron chi connectivity index (χ4n) is 1.01. The number of hydrogen-bond acceptors (Lipinski definition) is 5. The molecule has 0 bridgehead atoms. The van der Waals surface area contributed by atoms with E-state index in [0.717, 1.165) is 6.21 Å². The number of nitrogens with two attached hydrogens (primary N) is 2. The smallest absolute Gasteiger partial charge is 0.248 e. The lowest BCUT2D eigenvalue weighted by Gasteiger charge is -2.05. The van der Waals surface area contributed by atoms with E-state index in [-0.39, 0.29) is 8.03 Å². The molecule has 0 saturated carbocycles. The van der Waals surface area contributed by atoms with Gasteiger partial charge in [-0.3, -0.25) is 4.79 Å². The maximum absolute atomic E-state index is 10.9. The van der Waals surface area contributed by atoms with E-state index in [4.69, 9.17) is 21.7 Å². The number of nitrogens with zero attached hydrogens (tertiary/aromatic N) is 1. The lowest BCUT2D eigenvalue weighted by molar-refractivity contribution is 0.1000. The minimum Gasteiger partial charge on any atom is -0.487 e. The fourth-order valence-corrected chi connectivity index (χ4v) is 1.01. The first-order valence-electron chi connectivity index (χ1n) is 5.47. The van der Waals surface area contributed by atoms with E-state index in [9.17, 15) is 4.79 Å². The van der Waals surface area contributed by atoms with E-state index in [1.807, 2.05) is 13.8 Å². The second kappa shape index (κ2) is 8.74. The van der Waals surface area contributed by atoms with Crippen LogP contribution in [0.3, 0.4) is 0 Å². The van der Waals surface area contributed by atoms with Crippen LogP contribution in [0.4, 0.5) is 0 Å². The van der Waals surface area contributed by atoms with Crippen LogP contribution in [-0.2, 0) is 0 Å². The quantitative estimate of drug-likeness (QED) is 0.418. The van der Waals surface area contributed by atoms with Crippen molar-refractivity contribution < 1.29 is 11.0 Å². The normalized spacial score (nSPS) is 10.0. The number of benzene rings is 1. The molecule has 0 atom stereocenters. The number of carbonyl (C=O) groups is 1. The monoisotopic (exact) mass is 252 g/mol. The Morgan fingerprint density at radius 3 is 2.72 bits per heavy atom. The summed E-state index contributed by atoms with van der Waals surface area (Å²) in [4.78, 5) is 10.9. The third-order valence-corrected chi connectivity index (χ3v) is 1.84. The highest BCUT2D eigenvalue weighted by molar-refractivity contribution is 6.30. The summed E-state index contributed by atoms with van der Waals surface area (Å²) < 4.78 is 5.27. The molecule has 0 spiro atoms. The first-order valence-corrected chi connectivity index (χ1v) is 5.47. The van der Waals surface area contributed by atoms with Gasteiger partial charge in [-0.2, -0.15) is 5.10 Å². The molecule has 6 nitrogen and oxygen atoms in total. The number of rotatable bonds is 5. The van der Waals surface area contributed by atoms with Crippen LogP contribution in [0, 0.1) is 5.41 Å². The van der Waals surface area contributed by atoms with Crippen molar-refractivity contribution in [3.63, 3.8) is 0 Å². The Balaban J connectivity index is 0. The van der Waals surface area contributed by atoms with Crippen molar-refractivity contribution >= 4 is 17.8 Å². The zero-order valence-corrected chi connectivity index (χ0v) is 10.5. The average Bonchev–Trinajstić information content (AvgIpc) is 2.42. The summed E-state index contributed by atoms with van der Waals surface area (Å²) in [5.41, 5.74) is 5.77. The van der Waals surface area contributed by atoms with E-state index in [0.29, 0.717) is 17.0 Å². The van der Waals surface area contributed by atoms with E-state index in [2.05, 4.69) is 5.10 Å². The number of hydrazone groups is 1. The van der Waals surface area contributed by atoms with Crippen molar-refractivity contribution in [2.24, 2.45) is 16.7 Å². The van der Waals surface area contributed by atoms with Crippen molar-refractivity contribution in [2.75, 3.05) is 6.61 Å². The maximum atomic E-state index is 10.9. The molecule has 6 heteroatoms. The predicted octanol–water partition coefficient (Wildman–Crippen LogP) is 1.40. The molecule has 0 aliphatic heterocycles. The van der Waals surface area contributed by atoms with Crippen LogP contribution < -0.4 is 16.3 Å². The number of primary amides is 1. The molecule has 0 aliphatic rings. The third-order valence-electron chi connectivity index (χ3n) is 1.84. The van der Waals surface area contributed by atoms with Gasteiger partial charge in [-0.1, -0.05) is 19.9 Å². The predicted molar refractivity (Wildman–Crippen MR) is 74.3 cm³/mol. The van der Waals surface area contributed by atoms with Gasteiger partial charge in [-0.25, -0.2) is 0 Å². The van der Waals surface area contributed by atoms with Crippen molar-refractivity contribution in [1.29, 1.82) is 5.41 Å². The molecule has 1 rings (SSSR count). The molecule has 0 heterocycles. The van der Waals surface area contributed by atoms with Gasteiger partial charge in [0, 0.05) is 13.2 Å². The molecule has 100 valence electrons. The second-order valence-corrected chi connectivity index (χ2v) is 2.95. The van der Waals surface area contributed by atoms with Gasteiger partial charge in [0.25, 0.3) is 0 Å². The average molecular weight is 252 g/mol. The summed E-state index contributed by atoms with van der Waals surface area (Å²) in [7, 11) is 0. The molecule has 0 aliphatic carbocycles. The third kappa shape index (κ3) is 5.11. The van der Waals surface area contributed by atoms with Crippen molar-refractivity contribution in [2.45, 2.75) is 13.8 Å². The highest BCUT2D eigenvalue weighted by Crippen LogP contribution is 2.12. The van der Waals surface area contributed by atoms with Gasteiger partial charge >= 0.3 is 0 Å². The Morgan fingerprint density at radius 1 is 1.56 bits per heavy atom. The minimum atomic E-state index is -0.523. The Hall–Kier alpha value is -2.37. The largest absolute Gasteiger partial charge is 0.487 e. The number of ether oxygens (including phenoxy) is 1. The topological polar surface area (TPSA) is 115 Å². The number of nitrogens with one attached hydrogen (secondary N) is 1. The van der Waals surface area contributed by atoms with Gasteiger partial charge in [0.05, 0.1) is 0 Å². The molecule has 18 heavy (non-hydrogen) atoms. The molecular formula is C12H20N4O2. The van der Waals surface area contributed by atoms with Gasteiger partial charge in [-0.05, 0) is 18.2 Å². The van der Waals surface area contributed by atoms with Crippen LogP contribution in [0.15, 0.2) is 29.4 Å². The Kier molecular flexibility index (Phi) is 7.59. The first-order chi connectivity index (χ1) is 8.67. The van der Waals surface area contributed by atoms with Gasteiger partial charge in [0.2, 0.25) is 5.91 Å². The molecule has 0 fully saturated rings. The lowest BCUT2D eigenvalue weighted by Crippen LogP contribution is -2.15. The SMILES string of the molecule is CC.N=C/C(COc1cccc(C(N)=O)c1)=N\N.[HH]. The van der Waals surface area contributed by atoms with Crippen LogP contribution in [0.5, 0.6) is 5.75 Å². The Labute approximate surface area is 108 Å². The molecule has 0 aromatic heterocycles. The van der Waals surface area contributed by atoms with Crippen LogP contribution in [0.1, 0.15) is 25.6 Å². The molecule has 0 saturated heterocycles. The molecular weight excluding hydrogens is 232 g/mol. The molecule has 0 unspecified atom stereocenters. The summed E-state index contributed by atoms with van der Waals surface area (Å²) in [6.45, 7) is 4.07. The van der Waals surface area contributed by atoms with Gasteiger partial charge < -0.3 is 21.7 Å². The van der Waals surface area contributed by atoms with Gasteiger partial charge in [0.15, 0.2) is 0 Å². The van der Waals surface area contributed by atoms with Crippen molar-refractivity contribution in [1.82, 2.24) is 0 Å². The second-order valence-electron chi connectivity index (χ2n) is 2.95. The van der Waals surface area contributed by atoms with Crippen LogP contribution in [0.2, 0.25) is 0 Å². The lowest BCUT2D eigenvalue weighted by atomic mass is 10.2. The van der Waals surface area contributed by atoms with E-state index < -0.39 is 5.91 Å². The highest BCUT2D eigenvalue weighted by Gasteiger charge is 2.02. The molecule has 0 radical (unpaired) electrons. The number of hydrogen-bond donors (Lipinski definition) is 3. The Morgan fingerprint density at radius 2 is 2.22 bits per heavy atom. The van der Waals surface area contributed by atoms with Crippen LogP contribution >= 0.6 is 0 Å². The summed E-state index contributed by atoms with van der Waals surface area (Å²) in [6, 6.07) is 6.42. The Bertz CT molecular complexity index is 435. The zero-order valence-electron chi connectivity index (χ0n) is 10.5. The minimum absolute atomic E-state index is 0. The van der Waals surface area contributed by atoms with Crippen LogP contribution in [-0.4, -0.2) is 24.4 Å². The molecule has 1 amide bonds. The van der Waals surface area contributed by atoms with E-state index in [1.54, 1.807) is 18.2 Å². The molecule has 1 aromatic rings. The highest BCUT2D eigenvalue weighted by atomic mass is 16.5. The summed E-state index contributed by atoms with van der Waals surface area (Å²) in [5.74, 6) is 4.96. The summed E-state index contributed by atoms with van der Waals surface area (Å²) >= 11 is 0.